The van der Waals surface area contributed by atoms with Crippen LogP contribution in [0.1, 0.15) is 12.0 Å². The molecule has 0 spiro atoms. The van der Waals surface area contributed by atoms with E-state index in [1.807, 2.05) is 12.1 Å². The molecule has 0 bridgehead atoms. The second kappa shape index (κ2) is 7.07. The molecule has 5 nitrogen and oxygen atoms in total. The third-order valence-corrected chi connectivity index (χ3v) is 2.96. The fourth-order valence-corrected chi connectivity index (χ4v) is 1.78. The summed E-state index contributed by atoms with van der Waals surface area (Å²) in [6.45, 7) is 1.44. The molecule has 6 heteroatoms. The summed E-state index contributed by atoms with van der Waals surface area (Å²) < 4.78 is 6.75. The molecule has 0 aliphatic heterocycles. The number of ether oxygens (including phenoxy) is 1. The molecule has 2 rings (SSSR count). The molecule has 0 unspecified atom stereocenters. The molecule has 0 saturated heterocycles. The number of nitrogens with two attached hydrogens (primary N) is 1. The molecule has 1 heterocycles. The summed E-state index contributed by atoms with van der Waals surface area (Å²) in [5.74, 6) is 0.468. The van der Waals surface area contributed by atoms with Gasteiger partial charge in [-0.25, -0.2) is 4.68 Å². The van der Waals surface area contributed by atoms with E-state index in [2.05, 4.69) is 5.10 Å². The summed E-state index contributed by atoms with van der Waals surface area (Å²) in [7, 11) is 0. The van der Waals surface area contributed by atoms with Crippen LogP contribution in [0.25, 0.3) is 0 Å². The van der Waals surface area contributed by atoms with Crippen molar-refractivity contribution in [3.05, 3.63) is 57.5 Å². The highest BCUT2D eigenvalue weighted by Crippen LogP contribution is 2.10. The minimum absolute atomic E-state index is 0.204. The molecule has 0 aliphatic carbocycles. The van der Waals surface area contributed by atoms with Crippen LogP contribution in [-0.2, 0) is 6.54 Å². The van der Waals surface area contributed by atoms with E-state index in [0.29, 0.717) is 30.5 Å². The minimum Gasteiger partial charge on any atom is -0.492 e. The lowest BCUT2D eigenvalue weighted by Crippen LogP contribution is -2.22. The molecule has 0 aliphatic rings. The first-order valence-electron chi connectivity index (χ1n) is 6.33. The SMILES string of the molecule is NCCCOc1cnn(Cc2ccc(Cl)cc2)c(=O)c1. The summed E-state index contributed by atoms with van der Waals surface area (Å²) in [5.41, 5.74) is 6.13. The molecular weight excluding hydrogens is 278 g/mol. The maximum absolute atomic E-state index is 11.9. The third-order valence-electron chi connectivity index (χ3n) is 2.71. The molecule has 1 aromatic carbocycles. The summed E-state index contributed by atoms with van der Waals surface area (Å²) in [4.78, 5) is 11.9. The monoisotopic (exact) mass is 293 g/mol. The summed E-state index contributed by atoms with van der Waals surface area (Å²) in [5, 5.41) is 4.75. The topological polar surface area (TPSA) is 70.1 Å². The predicted octanol–water partition coefficient (Wildman–Crippen LogP) is 1.67. The molecule has 2 aromatic rings. The summed E-state index contributed by atoms with van der Waals surface area (Å²) >= 11 is 5.82. The Labute approximate surface area is 121 Å². The maximum Gasteiger partial charge on any atom is 0.270 e. The minimum atomic E-state index is -0.204. The van der Waals surface area contributed by atoms with Gasteiger partial charge in [0.25, 0.3) is 5.56 Å². The molecule has 0 radical (unpaired) electrons. The molecule has 106 valence electrons. The van der Waals surface area contributed by atoms with Crippen LogP contribution < -0.4 is 16.0 Å². The van der Waals surface area contributed by atoms with Crippen LogP contribution in [0.2, 0.25) is 5.02 Å². The smallest absolute Gasteiger partial charge is 0.270 e. The zero-order valence-corrected chi connectivity index (χ0v) is 11.7. The van der Waals surface area contributed by atoms with E-state index in [1.165, 1.54) is 16.9 Å². The number of halogens is 1. The molecule has 20 heavy (non-hydrogen) atoms. The Morgan fingerprint density at radius 2 is 2.05 bits per heavy atom. The first kappa shape index (κ1) is 14.6. The van der Waals surface area contributed by atoms with Crippen molar-refractivity contribution in [2.45, 2.75) is 13.0 Å². The van der Waals surface area contributed by atoms with Crippen LogP contribution in [0.4, 0.5) is 0 Å². The second-order valence-electron chi connectivity index (χ2n) is 4.30. The van der Waals surface area contributed by atoms with Crippen molar-refractivity contribution < 1.29 is 4.74 Å². The Balaban J connectivity index is 2.06. The Morgan fingerprint density at radius 3 is 2.70 bits per heavy atom. The third kappa shape index (κ3) is 4.08. The van der Waals surface area contributed by atoms with Crippen molar-refractivity contribution in [2.75, 3.05) is 13.2 Å². The van der Waals surface area contributed by atoms with E-state index < -0.39 is 0 Å². The number of hydrogen-bond acceptors (Lipinski definition) is 4. The fourth-order valence-electron chi connectivity index (χ4n) is 1.65. The Kier molecular flexibility index (Phi) is 5.15. The van der Waals surface area contributed by atoms with E-state index in [1.54, 1.807) is 12.1 Å². The van der Waals surface area contributed by atoms with E-state index in [0.717, 1.165) is 12.0 Å². The van der Waals surface area contributed by atoms with Crippen molar-refractivity contribution >= 4 is 11.6 Å². The predicted molar refractivity (Wildman–Crippen MR) is 78.2 cm³/mol. The van der Waals surface area contributed by atoms with E-state index in [4.69, 9.17) is 22.1 Å². The van der Waals surface area contributed by atoms with Gasteiger partial charge in [-0.2, -0.15) is 5.10 Å². The number of rotatable bonds is 6. The molecule has 1 aromatic heterocycles. The zero-order chi connectivity index (χ0) is 14.4. The van der Waals surface area contributed by atoms with E-state index in [-0.39, 0.29) is 5.56 Å². The lowest BCUT2D eigenvalue weighted by atomic mass is 10.2. The highest BCUT2D eigenvalue weighted by Gasteiger charge is 2.02. The maximum atomic E-state index is 11.9. The fraction of sp³-hybridized carbons (Fsp3) is 0.286. The van der Waals surface area contributed by atoms with Gasteiger partial charge < -0.3 is 10.5 Å². The lowest BCUT2D eigenvalue weighted by molar-refractivity contribution is 0.309. The molecule has 0 amide bonds. The summed E-state index contributed by atoms with van der Waals surface area (Å²) in [6.07, 6.45) is 2.28. The highest BCUT2D eigenvalue weighted by molar-refractivity contribution is 6.30. The van der Waals surface area contributed by atoms with Crippen molar-refractivity contribution in [1.29, 1.82) is 0 Å². The number of hydrogen-bond donors (Lipinski definition) is 1. The van der Waals surface area contributed by atoms with Gasteiger partial charge in [-0.15, -0.1) is 0 Å². The Morgan fingerprint density at radius 1 is 1.30 bits per heavy atom. The van der Waals surface area contributed by atoms with Crippen molar-refractivity contribution in [1.82, 2.24) is 9.78 Å². The molecular formula is C14H16ClN3O2. The van der Waals surface area contributed by atoms with Gasteiger partial charge in [0, 0.05) is 11.1 Å². The summed E-state index contributed by atoms with van der Waals surface area (Å²) in [6, 6.07) is 8.72. The van der Waals surface area contributed by atoms with Crippen LogP contribution in [0.3, 0.4) is 0 Å². The van der Waals surface area contributed by atoms with Gasteiger partial charge in [-0.1, -0.05) is 23.7 Å². The van der Waals surface area contributed by atoms with Gasteiger partial charge in [-0.3, -0.25) is 4.79 Å². The normalized spacial score (nSPS) is 10.5. The van der Waals surface area contributed by atoms with Gasteiger partial charge in [0.05, 0.1) is 19.3 Å². The van der Waals surface area contributed by atoms with Gasteiger partial charge >= 0.3 is 0 Å². The van der Waals surface area contributed by atoms with Crippen molar-refractivity contribution in [3.63, 3.8) is 0 Å². The second-order valence-corrected chi connectivity index (χ2v) is 4.74. The van der Waals surface area contributed by atoms with Gasteiger partial charge in [0.2, 0.25) is 0 Å². The quantitative estimate of drug-likeness (QED) is 0.823. The first-order chi connectivity index (χ1) is 9.69. The van der Waals surface area contributed by atoms with Crippen LogP contribution >= 0.6 is 11.6 Å². The number of benzene rings is 1. The van der Waals surface area contributed by atoms with Crippen molar-refractivity contribution in [2.24, 2.45) is 5.73 Å². The molecule has 0 atom stereocenters. The van der Waals surface area contributed by atoms with Crippen LogP contribution in [-0.4, -0.2) is 22.9 Å². The van der Waals surface area contributed by atoms with Gasteiger partial charge in [0.1, 0.15) is 5.75 Å². The molecule has 2 N–H and O–H groups in total. The first-order valence-corrected chi connectivity index (χ1v) is 6.71. The van der Waals surface area contributed by atoms with Crippen LogP contribution in [0.5, 0.6) is 5.75 Å². The van der Waals surface area contributed by atoms with Gasteiger partial charge in [-0.05, 0) is 30.7 Å². The number of nitrogens with zero attached hydrogens (tertiary/aromatic N) is 2. The number of aromatic nitrogens is 2. The largest absolute Gasteiger partial charge is 0.492 e. The van der Waals surface area contributed by atoms with E-state index in [9.17, 15) is 4.79 Å². The standard InChI is InChI=1S/C14H16ClN3O2/c15-12-4-2-11(3-5-12)10-18-14(19)8-13(9-17-18)20-7-1-6-16/h2-5,8-9H,1,6-7,10,16H2. The van der Waals surface area contributed by atoms with Crippen molar-refractivity contribution in [3.8, 4) is 5.75 Å². The average molecular weight is 294 g/mol. The Bertz CT molecular complexity index is 611. The van der Waals surface area contributed by atoms with Gasteiger partial charge in [0.15, 0.2) is 0 Å². The van der Waals surface area contributed by atoms with Crippen LogP contribution in [0.15, 0.2) is 41.3 Å². The van der Waals surface area contributed by atoms with E-state index >= 15 is 0 Å². The Hall–Kier alpha value is -1.85. The highest BCUT2D eigenvalue weighted by atomic mass is 35.5. The molecule has 0 fully saturated rings. The average Bonchev–Trinajstić information content (AvgIpc) is 2.44. The molecule has 0 saturated carbocycles. The van der Waals surface area contributed by atoms with Crippen LogP contribution in [0, 0.1) is 0 Å². The lowest BCUT2D eigenvalue weighted by Gasteiger charge is -2.07. The zero-order valence-electron chi connectivity index (χ0n) is 11.0.